The van der Waals surface area contributed by atoms with Crippen LogP contribution in [0.2, 0.25) is 0 Å². The lowest BCUT2D eigenvalue weighted by Crippen LogP contribution is -2.25. The first-order valence-electron chi connectivity index (χ1n) is 10.3. The number of pyridine rings is 1. The van der Waals surface area contributed by atoms with E-state index in [4.69, 9.17) is 10.4 Å². The fourth-order valence-electron chi connectivity index (χ4n) is 3.31. The highest BCUT2D eigenvalue weighted by molar-refractivity contribution is 5.95. The van der Waals surface area contributed by atoms with E-state index in [1.54, 1.807) is 59.0 Å². The summed E-state index contributed by atoms with van der Waals surface area (Å²) in [5.74, 6) is -1.77. The number of hydrogen-bond acceptors (Lipinski definition) is 5. The van der Waals surface area contributed by atoms with E-state index in [0.29, 0.717) is 16.9 Å². The van der Waals surface area contributed by atoms with Gasteiger partial charge >= 0.3 is 5.97 Å². The quantitative estimate of drug-likeness (QED) is 0.394. The Kier molecular flexibility index (Phi) is 6.32. The standard InChI is InChI=1S/C25H19N5O4/c26-12-16-4-6-17(7-5-16)13-27-23(31)20-15-30-21(2-1-3-22(30)29-20)24(32)28-14-18-8-10-19(11-9-18)25(33)34/h1-11,15H,13-14H2,(H,27,31)(H,28,32)(H,33,34). The van der Waals surface area contributed by atoms with E-state index in [9.17, 15) is 14.4 Å². The van der Waals surface area contributed by atoms with Crippen LogP contribution in [0.5, 0.6) is 0 Å². The van der Waals surface area contributed by atoms with Crippen LogP contribution in [0.1, 0.15) is 48.0 Å². The second-order valence-electron chi connectivity index (χ2n) is 7.44. The number of carbonyl (C=O) groups is 3. The molecule has 0 fully saturated rings. The number of fused-ring (bicyclic) bond motifs is 1. The number of carboxylic acid groups (broad SMARTS) is 1. The third kappa shape index (κ3) is 4.92. The minimum absolute atomic E-state index is 0.165. The molecule has 0 radical (unpaired) electrons. The fraction of sp³-hybridized carbons (Fsp3) is 0.0800. The number of carboxylic acids is 1. The summed E-state index contributed by atoms with van der Waals surface area (Å²) >= 11 is 0. The van der Waals surface area contributed by atoms with E-state index in [1.807, 2.05) is 6.07 Å². The molecule has 0 bridgehead atoms. The third-order valence-electron chi connectivity index (χ3n) is 5.15. The molecule has 9 heteroatoms. The van der Waals surface area contributed by atoms with Crippen LogP contribution < -0.4 is 10.6 Å². The maximum Gasteiger partial charge on any atom is 0.335 e. The first-order valence-corrected chi connectivity index (χ1v) is 10.3. The summed E-state index contributed by atoms with van der Waals surface area (Å²) in [5.41, 5.74) is 3.21. The Morgan fingerprint density at radius 2 is 1.50 bits per heavy atom. The molecule has 4 aromatic rings. The Labute approximate surface area is 194 Å². The molecule has 2 heterocycles. The Balaban J connectivity index is 1.44. The highest BCUT2D eigenvalue weighted by Crippen LogP contribution is 2.11. The number of nitriles is 1. The van der Waals surface area contributed by atoms with E-state index in [2.05, 4.69) is 15.6 Å². The number of rotatable bonds is 7. The number of nitrogens with one attached hydrogen (secondary N) is 2. The number of hydrogen-bond donors (Lipinski definition) is 3. The lowest BCUT2D eigenvalue weighted by molar-refractivity contribution is 0.0696. The first-order chi connectivity index (χ1) is 16.4. The second kappa shape index (κ2) is 9.67. The van der Waals surface area contributed by atoms with E-state index in [-0.39, 0.29) is 30.3 Å². The summed E-state index contributed by atoms with van der Waals surface area (Å²) in [4.78, 5) is 40.6. The molecule has 2 amide bonds. The van der Waals surface area contributed by atoms with Crippen LogP contribution in [-0.4, -0.2) is 32.3 Å². The van der Waals surface area contributed by atoms with Crippen molar-refractivity contribution in [3.8, 4) is 6.07 Å². The fourth-order valence-corrected chi connectivity index (χ4v) is 3.31. The van der Waals surface area contributed by atoms with Crippen molar-refractivity contribution in [3.63, 3.8) is 0 Å². The number of imidazole rings is 1. The minimum Gasteiger partial charge on any atom is -0.478 e. The van der Waals surface area contributed by atoms with Crippen LogP contribution in [0.25, 0.3) is 5.65 Å². The molecule has 4 rings (SSSR count). The van der Waals surface area contributed by atoms with Gasteiger partial charge in [0.05, 0.1) is 17.2 Å². The average Bonchev–Trinajstić information content (AvgIpc) is 3.31. The zero-order valence-corrected chi connectivity index (χ0v) is 17.9. The van der Waals surface area contributed by atoms with Gasteiger partial charge in [0.15, 0.2) is 0 Å². The van der Waals surface area contributed by atoms with Crippen molar-refractivity contribution in [3.05, 3.63) is 107 Å². The number of benzene rings is 2. The molecule has 2 aromatic carbocycles. The molecule has 9 nitrogen and oxygen atoms in total. The van der Waals surface area contributed by atoms with E-state index < -0.39 is 11.9 Å². The Bertz CT molecular complexity index is 1420. The van der Waals surface area contributed by atoms with Crippen molar-refractivity contribution >= 4 is 23.4 Å². The number of nitrogens with zero attached hydrogens (tertiary/aromatic N) is 3. The Morgan fingerprint density at radius 3 is 2.12 bits per heavy atom. The van der Waals surface area contributed by atoms with Gasteiger partial charge in [-0.3, -0.25) is 14.0 Å². The zero-order chi connectivity index (χ0) is 24.1. The number of aromatic nitrogens is 2. The van der Waals surface area contributed by atoms with Crippen molar-refractivity contribution in [2.75, 3.05) is 0 Å². The van der Waals surface area contributed by atoms with Gasteiger partial charge in [-0.05, 0) is 47.5 Å². The molecule has 0 saturated carbocycles. The molecule has 3 N–H and O–H groups in total. The zero-order valence-electron chi connectivity index (χ0n) is 17.9. The van der Waals surface area contributed by atoms with Gasteiger partial charge in [-0.15, -0.1) is 0 Å². The van der Waals surface area contributed by atoms with Crippen LogP contribution in [0.15, 0.2) is 72.9 Å². The number of carbonyl (C=O) groups excluding carboxylic acids is 2. The van der Waals surface area contributed by atoms with Crippen molar-refractivity contribution in [1.29, 1.82) is 5.26 Å². The third-order valence-corrected chi connectivity index (χ3v) is 5.15. The van der Waals surface area contributed by atoms with Gasteiger partial charge in [-0.2, -0.15) is 5.26 Å². The molecule has 0 aliphatic heterocycles. The predicted octanol–water partition coefficient (Wildman–Crippen LogP) is 2.76. The van der Waals surface area contributed by atoms with Gasteiger partial charge in [0.2, 0.25) is 0 Å². The summed E-state index contributed by atoms with van der Waals surface area (Å²) in [5, 5.41) is 23.4. The normalized spacial score (nSPS) is 10.4. The summed E-state index contributed by atoms with van der Waals surface area (Å²) < 4.78 is 1.54. The van der Waals surface area contributed by atoms with Crippen molar-refractivity contribution < 1.29 is 19.5 Å². The topological polar surface area (TPSA) is 137 Å². The maximum atomic E-state index is 12.8. The molecule has 0 aliphatic rings. The van der Waals surface area contributed by atoms with Crippen molar-refractivity contribution in [1.82, 2.24) is 20.0 Å². The molecular formula is C25H19N5O4. The monoisotopic (exact) mass is 453 g/mol. The lowest BCUT2D eigenvalue weighted by Gasteiger charge is -2.07. The number of amides is 2. The molecule has 34 heavy (non-hydrogen) atoms. The minimum atomic E-state index is -1.01. The Morgan fingerprint density at radius 1 is 0.882 bits per heavy atom. The Hall–Kier alpha value is -4.97. The first kappa shape index (κ1) is 22.2. The summed E-state index contributed by atoms with van der Waals surface area (Å²) in [7, 11) is 0. The highest BCUT2D eigenvalue weighted by Gasteiger charge is 2.15. The van der Waals surface area contributed by atoms with Crippen LogP contribution in [-0.2, 0) is 13.1 Å². The average molecular weight is 453 g/mol. The summed E-state index contributed by atoms with van der Waals surface area (Å²) in [6, 6.07) is 20.1. The smallest absolute Gasteiger partial charge is 0.335 e. The van der Waals surface area contributed by atoms with Crippen molar-refractivity contribution in [2.45, 2.75) is 13.1 Å². The molecule has 168 valence electrons. The van der Waals surface area contributed by atoms with Gasteiger partial charge in [-0.25, -0.2) is 9.78 Å². The highest BCUT2D eigenvalue weighted by atomic mass is 16.4. The van der Waals surface area contributed by atoms with Gasteiger partial charge in [0.25, 0.3) is 11.8 Å². The molecule has 2 aromatic heterocycles. The number of aromatic carboxylic acids is 1. The molecule has 0 aliphatic carbocycles. The second-order valence-corrected chi connectivity index (χ2v) is 7.44. The van der Waals surface area contributed by atoms with E-state index in [1.165, 1.54) is 18.3 Å². The predicted molar refractivity (Wildman–Crippen MR) is 122 cm³/mol. The lowest BCUT2D eigenvalue weighted by atomic mass is 10.1. The summed E-state index contributed by atoms with van der Waals surface area (Å²) in [6.07, 6.45) is 1.50. The molecule has 0 saturated heterocycles. The van der Waals surface area contributed by atoms with Crippen LogP contribution in [0.4, 0.5) is 0 Å². The van der Waals surface area contributed by atoms with Gasteiger partial charge in [-0.1, -0.05) is 30.3 Å². The van der Waals surface area contributed by atoms with Gasteiger partial charge in [0, 0.05) is 19.3 Å². The van der Waals surface area contributed by atoms with Crippen molar-refractivity contribution in [2.24, 2.45) is 0 Å². The molecular weight excluding hydrogens is 434 g/mol. The summed E-state index contributed by atoms with van der Waals surface area (Å²) in [6.45, 7) is 0.480. The van der Waals surface area contributed by atoms with Crippen LogP contribution in [0, 0.1) is 11.3 Å². The molecule has 0 unspecified atom stereocenters. The van der Waals surface area contributed by atoms with Gasteiger partial charge < -0.3 is 15.7 Å². The SMILES string of the molecule is N#Cc1ccc(CNC(=O)c2cn3c(C(=O)NCc4ccc(C(=O)O)cc4)cccc3n2)cc1. The van der Waals surface area contributed by atoms with E-state index >= 15 is 0 Å². The van der Waals surface area contributed by atoms with Gasteiger partial charge in [0.1, 0.15) is 17.0 Å². The maximum absolute atomic E-state index is 12.8. The molecule has 0 atom stereocenters. The molecule has 0 spiro atoms. The van der Waals surface area contributed by atoms with E-state index in [0.717, 1.165) is 11.1 Å². The van der Waals surface area contributed by atoms with Crippen LogP contribution in [0.3, 0.4) is 0 Å². The van der Waals surface area contributed by atoms with Crippen LogP contribution >= 0.6 is 0 Å². The largest absolute Gasteiger partial charge is 0.478 e.